The highest BCUT2D eigenvalue weighted by Crippen LogP contribution is 2.16. The van der Waals surface area contributed by atoms with Crippen LogP contribution in [-0.2, 0) is 13.3 Å². The first-order valence-corrected chi connectivity index (χ1v) is 10.9. The molecule has 1 aromatic heterocycles. The Balaban J connectivity index is 1.25. The van der Waals surface area contributed by atoms with E-state index in [1.807, 2.05) is 31.2 Å². The fourth-order valence-electron chi connectivity index (χ4n) is 3.63. The van der Waals surface area contributed by atoms with Crippen LogP contribution in [-0.4, -0.2) is 39.7 Å². The number of ether oxygens (including phenoxy) is 1. The van der Waals surface area contributed by atoms with E-state index in [9.17, 15) is 9.18 Å². The van der Waals surface area contributed by atoms with Gasteiger partial charge >= 0.3 is 0 Å². The number of hydrogen-bond donors (Lipinski definition) is 1. The number of carbonyl (C=O) groups excluding carboxylic acids is 1. The second-order valence-corrected chi connectivity index (χ2v) is 8.23. The molecule has 1 saturated heterocycles. The lowest BCUT2D eigenvalue weighted by Gasteiger charge is -2.31. The molecular formula is C23H25FN4O3S. The average molecular weight is 457 g/mol. The third-order valence-electron chi connectivity index (χ3n) is 5.36. The van der Waals surface area contributed by atoms with Crippen LogP contribution >= 0.6 is 12.2 Å². The number of aromatic nitrogens is 2. The molecule has 1 amide bonds. The van der Waals surface area contributed by atoms with Crippen LogP contribution in [0, 0.1) is 17.6 Å². The van der Waals surface area contributed by atoms with Gasteiger partial charge in [-0.25, -0.2) is 9.07 Å². The van der Waals surface area contributed by atoms with Gasteiger partial charge in [0.25, 0.3) is 16.6 Å². The van der Waals surface area contributed by atoms with Gasteiger partial charge in [-0.3, -0.25) is 9.69 Å². The quantitative estimate of drug-likeness (QED) is 0.540. The largest absolute Gasteiger partial charge is 0.484 e. The topological polar surface area (TPSA) is 72.5 Å². The normalized spacial score (nSPS) is 14.9. The lowest BCUT2D eigenvalue weighted by Crippen LogP contribution is -2.45. The molecule has 9 heteroatoms. The molecular weight excluding hydrogens is 431 g/mol. The Bertz CT molecular complexity index is 1120. The third kappa shape index (κ3) is 5.80. The number of rotatable bonds is 7. The van der Waals surface area contributed by atoms with Crippen molar-refractivity contribution < 1.29 is 18.3 Å². The summed E-state index contributed by atoms with van der Waals surface area (Å²) in [5.74, 6) is 0.648. The Morgan fingerprint density at radius 2 is 2.00 bits per heavy atom. The molecule has 7 nitrogen and oxygen atoms in total. The van der Waals surface area contributed by atoms with Crippen LogP contribution in [0.25, 0.3) is 0 Å². The molecule has 1 fully saturated rings. The molecule has 0 unspecified atom stereocenters. The van der Waals surface area contributed by atoms with E-state index in [0.29, 0.717) is 23.0 Å². The molecule has 168 valence electrons. The highest BCUT2D eigenvalue weighted by atomic mass is 32.1. The number of hydrogen-bond acceptors (Lipinski definition) is 6. The second kappa shape index (κ2) is 10.1. The molecule has 3 aromatic rings. The van der Waals surface area contributed by atoms with Crippen molar-refractivity contribution in [2.75, 3.05) is 13.1 Å². The van der Waals surface area contributed by atoms with Gasteiger partial charge < -0.3 is 14.5 Å². The Hall–Kier alpha value is -3.04. The Morgan fingerprint density at radius 3 is 2.72 bits per heavy atom. The van der Waals surface area contributed by atoms with Crippen molar-refractivity contribution >= 4 is 18.1 Å². The first-order chi connectivity index (χ1) is 15.5. The number of piperidine rings is 1. The van der Waals surface area contributed by atoms with Gasteiger partial charge in [-0.15, -0.1) is 5.10 Å². The number of aryl methyl sites for hydroxylation is 1. The van der Waals surface area contributed by atoms with Gasteiger partial charge in [0.05, 0.1) is 6.67 Å². The van der Waals surface area contributed by atoms with E-state index in [0.717, 1.165) is 37.2 Å². The molecule has 32 heavy (non-hydrogen) atoms. The molecule has 0 spiro atoms. The predicted molar refractivity (Wildman–Crippen MR) is 119 cm³/mol. The number of nitrogens with one attached hydrogen (secondary N) is 1. The van der Waals surface area contributed by atoms with E-state index in [1.54, 1.807) is 4.68 Å². The van der Waals surface area contributed by atoms with Crippen LogP contribution in [0.4, 0.5) is 4.39 Å². The Kier molecular flexibility index (Phi) is 6.96. The summed E-state index contributed by atoms with van der Waals surface area (Å²) in [7, 11) is 0. The van der Waals surface area contributed by atoms with E-state index in [1.165, 1.54) is 24.3 Å². The van der Waals surface area contributed by atoms with Gasteiger partial charge in [0, 0.05) is 24.7 Å². The molecule has 1 aliphatic rings. The van der Waals surface area contributed by atoms with Crippen molar-refractivity contribution in [1.82, 2.24) is 20.0 Å². The van der Waals surface area contributed by atoms with E-state index in [2.05, 4.69) is 15.3 Å². The van der Waals surface area contributed by atoms with Gasteiger partial charge in [-0.1, -0.05) is 12.1 Å². The van der Waals surface area contributed by atoms with E-state index >= 15 is 0 Å². The molecule has 1 N–H and O–H groups in total. The summed E-state index contributed by atoms with van der Waals surface area (Å²) >= 11 is 5.30. The number of nitrogens with zero attached hydrogens (tertiary/aromatic N) is 3. The maximum absolute atomic E-state index is 13.0. The number of carbonyl (C=O) groups is 1. The van der Waals surface area contributed by atoms with Crippen LogP contribution in [0.1, 0.15) is 34.7 Å². The summed E-state index contributed by atoms with van der Waals surface area (Å²) in [6, 6.07) is 13.4. The summed E-state index contributed by atoms with van der Waals surface area (Å²) in [6.07, 6.45) is 1.61. The number of benzene rings is 2. The zero-order valence-electron chi connectivity index (χ0n) is 17.8. The van der Waals surface area contributed by atoms with Crippen LogP contribution in [0.2, 0.25) is 0 Å². The fraction of sp³-hybridized carbons (Fsp3) is 0.348. The van der Waals surface area contributed by atoms with Crippen molar-refractivity contribution in [3.63, 3.8) is 0 Å². The second-order valence-electron chi connectivity index (χ2n) is 7.88. The van der Waals surface area contributed by atoms with E-state index in [4.69, 9.17) is 21.4 Å². The molecule has 0 radical (unpaired) electrons. The van der Waals surface area contributed by atoms with Crippen LogP contribution in [0.3, 0.4) is 0 Å². The van der Waals surface area contributed by atoms with Crippen molar-refractivity contribution in [2.45, 2.75) is 39.1 Å². The maximum Gasteiger partial charge on any atom is 0.288 e. The molecule has 0 aliphatic carbocycles. The van der Waals surface area contributed by atoms with Crippen LogP contribution in [0.15, 0.2) is 52.9 Å². The van der Waals surface area contributed by atoms with Gasteiger partial charge in [-0.2, -0.15) is 0 Å². The van der Waals surface area contributed by atoms with Crippen molar-refractivity contribution in [2.24, 2.45) is 0 Å². The molecule has 0 bridgehead atoms. The zero-order valence-corrected chi connectivity index (χ0v) is 18.6. The van der Waals surface area contributed by atoms with Crippen LogP contribution < -0.4 is 10.1 Å². The summed E-state index contributed by atoms with van der Waals surface area (Å²) in [5, 5.41) is 7.46. The van der Waals surface area contributed by atoms with Crippen molar-refractivity contribution in [3.05, 3.63) is 76.2 Å². The molecule has 4 rings (SSSR count). The molecule has 0 saturated carbocycles. The minimum Gasteiger partial charge on any atom is -0.484 e. The molecule has 0 atom stereocenters. The lowest BCUT2D eigenvalue weighted by molar-refractivity contribution is 0.0895. The predicted octanol–water partition coefficient (Wildman–Crippen LogP) is 4.08. The van der Waals surface area contributed by atoms with Crippen molar-refractivity contribution in [3.8, 4) is 5.75 Å². The summed E-state index contributed by atoms with van der Waals surface area (Å²) in [6.45, 7) is 4.31. The first-order valence-electron chi connectivity index (χ1n) is 10.5. The van der Waals surface area contributed by atoms with E-state index in [-0.39, 0.29) is 24.4 Å². The molecule has 2 heterocycles. The molecule has 2 aromatic carbocycles. The Labute approximate surface area is 190 Å². The number of likely N-dealkylation sites (tertiary alicyclic amines) is 1. The Morgan fingerprint density at radius 1 is 1.25 bits per heavy atom. The zero-order chi connectivity index (χ0) is 22.5. The summed E-state index contributed by atoms with van der Waals surface area (Å²) in [4.78, 5) is 14.8. The first kappa shape index (κ1) is 22.2. The standard InChI is InChI=1S/C23H25FN4O3S/c1-16-3-2-4-20(13-16)30-14-21-26-28(23(32)31-21)15-27-11-9-19(10-12-27)25-22(29)17-5-7-18(24)8-6-17/h2-8,13,19H,9-12,14-15H2,1H3,(H,25,29). The van der Waals surface area contributed by atoms with Gasteiger partial charge in [0.2, 0.25) is 0 Å². The lowest BCUT2D eigenvalue weighted by atomic mass is 10.0. The SMILES string of the molecule is Cc1cccc(OCc2nn(CN3CCC(NC(=O)c4ccc(F)cc4)CC3)c(=S)o2)c1. The fourth-order valence-corrected chi connectivity index (χ4v) is 3.82. The average Bonchev–Trinajstić information content (AvgIpc) is 3.13. The number of halogens is 1. The summed E-state index contributed by atoms with van der Waals surface area (Å²) < 4.78 is 26.0. The summed E-state index contributed by atoms with van der Waals surface area (Å²) in [5.41, 5.74) is 1.58. The van der Waals surface area contributed by atoms with E-state index < -0.39 is 0 Å². The maximum atomic E-state index is 13.0. The minimum atomic E-state index is -0.355. The van der Waals surface area contributed by atoms with Crippen molar-refractivity contribution in [1.29, 1.82) is 0 Å². The smallest absolute Gasteiger partial charge is 0.288 e. The highest BCUT2D eigenvalue weighted by Gasteiger charge is 2.22. The monoisotopic (exact) mass is 456 g/mol. The molecule has 1 aliphatic heterocycles. The van der Waals surface area contributed by atoms with Gasteiger partial charge in [-0.05, 0) is 73.9 Å². The third-order valence-corrected chi connectivity index (χ3v) is 5.66. The number of amides is 1. The van der Waals surface area contributed by atoms with Gasteiger partial charge in [0.1, 0.15) is 11.6 Å². The highest BCUT2D eigenvalue weighted by molar-refractivity contribution is 7.71. The van der Waals surface area contributed by atoms with Gasteiger partial charge in [0.15, 0.2) is 6.61 Å². The van der Waals surface area contributed by atoms with Crippen LogP contribution in [0.5, 0.6) is 5.75 Å². The minimum absolute atomic E-state index is 0.0763.